The van der Waals surface area contributed by atoms with Crippen LogP contribution in [0.4, 0.5) is 0 Å². The fourth-order valence-electron chi connectivity index (χ4n) is 3.69. The van der Waals surface area contributed by atoms with Crippen molar-refractivity contribution in [2.75, 3.05) is 13.2 Å². The van der Waals surface area contributed by atoms with Crippen molar-refractivity contribution >= 4 is 22.8 Å². The Morgan fingerprint density at radius 2 is 1.96 bits per heavy atom. The maximum Gasteiger partial charge on any atom is 0.273 e. The molecule has 2 atom stereocenters. The average molecular weight is 389 g/mol. The molecule has 3 rings (SSSR count). The van der Waals surface area contributed by atoms with Crippen LogP contribution in [-0.4, -0.2) is 51.9 Å². The third-order valence-electron chi connectivity index (χ3n) is 5.28. The molecule has 9 nitrogen and oxygen atoms in total. The first-order chi connectivity index (χ1) is 13.3. The maximum atomic E-state index is 12.7. The molecule has 2 amide bonds. The maximum absolute atomic E-state index is 12.7. The minimum atomic E-state index is -0.283. The first-order valence-corrected chi connectivity index (χ1v) is 9.53. The highest BCUT2D eigenvalue weighted by Crippen LogP contribution is 2.20. The molecule has 1 fully saturated rings. The highest BCUT2D eigenvalue weighted by atomic mass is 16.5. The predicted octanol–water partition coefficient (Wildman–Crippen LogP) is 0.221. The normalized spacial score (nSPS) is 19.6. The number of rotatable bonds is 5. The van der Waals surface area contributed by atoms with Gasteiger partial charge in [0.25, 0.3) is 5.56 Å². The fourth-order valence-corrected chi connectivity index (χ4v) is 3.69. The Labute approximate surface area is 162 Å². The lowest BCUT2D eigenvalue weighted by Gasteiger charge is -2.32. The van der Waals surface area contributed by atoms with Gasteiger partial charge in [0, 0.05) is 25.8 Å². The van der Waals surface area contributed by atoms with E-state index < -0.39 is 0 Å². The summed E-state index contributed by atoms with van der Waals surface area (Å²) in [4.78, 5) is 41.1. The van der Waals surface area contributed by atoms with Gasteiger partial charge >= 0.3 is 0 Å². The van der Waals surface area contributed by atoms with Crippen LogP contribution in [0.2, 0.25) is 0 Å². The molecule has 3 N–H and O–H groups in total. The minimum absolute atomic E-state index is 0.0456. The van der Waals surface area contributed by atoms with E-state index in [0.29, 0.717) is 42.8 Å². The SMILES string of the molecule is CCC(=O)N[C@@H]1CCOC[C@@H]1NC(=O)Cc1c(C)nc2c(c1C)c(=O)[nH]n2C. The summed E-state index contributed by atoms with van der Waals surface area (Å²) in [5, 5.41) is 9.13. The molecule has 0 spiro atoms. The molecule has 2 aromatic rings. The lowest BCUT2D eigenvalue weighted by molar-refractivity contribution is -0.125. The molecule has 1 saturated heterocycles. The van der Waals surface area contributed by atoms with Crippen molar-refractivity contribution in [2.45, 2.75) is 52.1 Å². The molecular formula is C19H27N5O4. The highest BCUT2D eigenvalue weighted by molar-refractivity contribution is 5.85. The van der Waals surface area contributed by atoms with Gasteiger partial charge in [-0.05, 0) is 31.4 Å². The van der Waals surface area contributed by atoms with Crippen molar-refractivity contribution in [1.29, 1.82) is 0 Å². The molecule has 0 bridgehead atoms. The van der Waals surface area contributed by atoms with E-state index in [2.05, 4.69) is 20.7 Å². The Balaban J connectivity index is 1.78. The summed E-state index contributed by atoms with van der Waals surface area (Å²) < 4.78 is 7.06. The molecule has 28 heavy (non-hydrogen) atoms. The van der Waals surface area contributed by atoms with Gasteiger partial charge < -0.3 is 15.4 Å². The topological polar surface area (TPSA) is 118 Å². The third kappa shape index (κ3) is 3.94. The summed E-state index contributed by atoms with van der Waals surface area (Å²) in [6, 6.07) is -0.431. The third-order valence-corrected chi connectivity index (χ3v) is 5.28. The van der Waals surface area contributed by atoms with Gasteiger partial charge in [0.15, 0.2) is 5.65 Å². The van der Waals surface area contributed by atoms with Gasteiger partial charge in [-0.3, -0.25) is 24.2 Å². The molecule has 0 unspecified atom stereocenters. The van der Waals surface area contributed by atoms with Crippen LogP contribution in [0.1, 0.15) is 36.6 Å². The standard InChI is InChI=1S/C19H27N5O4/c1-5-15(25)21-13-6-7-28-9-14(13)22-16(26)8-12-10(2)17-18(20-11(12)3)24(4)23-19(17)27/h13-14H,5-9H2,1-4H3,(H,21,25)(H,22,26)(H,23,27)/t13-,14+/m1/s1. The number of nitrogens with one attached hydrogen (secondary N) is 3. The zero-order chi connectivity index (χ0) is 20.4. The monoisotopic (exact) mass is 389 g/mol. The number of hydrogen-bond donors (Lipinski definition) is 3. The van der Waals surface area contributed by atoms with Gasteiger partial charge in [0.2, 0.25) is 11.8 Å². The molecule has 3 heterocycles. The number of ether oxygens (including phenoxy) is 1. The number of carbonyl (C=O) groups is 2. The van der Waals surface area contributed by atoms with Crippen LogP contribution in [0, 0.1) is 13.8 Å². The van der Waals surface area contributed by atoms with Crippen molar-refractivity contribution in [1.82, 2.24) is 25.4 Å². The van der Waals surface area contributed by atoms with E-state index in [1.165, 1.54) is 0 Å². The number of fused-ring (bicyclic) bond motifs is 1. The Morgan fingerprint density at radius 3 is 2.68 bits per heavy atom. The second-order valence-electron chi connectivity index (χ2n) is 7.24. The van der Waals surface area contributed by atoms with Crippen molar-refractivity contribution in [2.24, 2.45) is 7.05 Å². The smallest absolute Gasteiger partial charge is 0.273 e. The summed E-state index contributed by atoms with van der Waals surface area (Å²) in [6.45, 7) is 6.37. The molecule has 152 valence electrons. The van der Waals surface area contributed by atoms with Gasteiger partial charge in [-0.1, -0.05) is 6.92 Å². The molecule has 1 aliphatic heterocycles. The van der Waals surface area contributed by atoms with Crippen LogP contribution in [0.3, 0.4) is 0 Å². The number of nitrogens with zero attached hydrogens (tertiary/aromatic N) is 2. The van der Waals surface area contributed by atoms with E-state index in [-0.39, 0.29) is 35.9 Å². The second kappa shape index (κ2) is 8.14. The van der Waals surface area contributed by atoms with Crippen molar-refractivity contribution < 1.29 is 14.3 Å². The van der Waals surface area contributed by atoms with E-state index in [1.807, 2.05) is 13.8 Å². The summed E-state index contributed by atoms with van der Waals surface area (Å²) in [5.41, 5.74) is 2.58. The van der Waals surface area contributed by atoms with E-state index in [9.17, 15) is 14.4 Å². The van der Waals surface area contributed by atoms with Crippen LogP contribution in [0.15, 0.2) is 4.79 Å². The van der Waals surface area contributed by atoms with Gasteiger partial charge in [-0.25, -0.2) is 4.98 Å². The van der Waals surface area contributed by atoms with Gasteiger partial charge in [0.05, 0.1) is 30.5 Å². The molecule has 0 saturated carbocycles. The first kappa shape index (κ1) is 20.1. The molecule has 0 aliphatic carbocycles. The van der Waals surface area contributed by atoms with Crippen LogP contribution in [-0.2, 0) is 27.8 Å². The number of carbonyl (C=O) groups excluding carboxylic acids is 2. The van der Waals surface area contributed by atoms with Gasteiger partial charge in [0.1, 0.15) is 0 Å². The van der Waals surface area contributed by atoms with E-state index in [1.54, 1.807) is 18.7 Å². The molecule has 0 radical (unpaired) electrons. The lowest BCUT2D eigenvalue weighted by atomic mass is 10.00. The minimum Gasteiger partial charge on any atom is -0.379 e. The Hall–Kier alpha value is -2.68. The summed E-state index contributed by atoms with van der Waals surface area (Å²) in [7, 11) is 1.73. The molecular weight excluding hydrogens is 362 g/mol. The number of aromatic amines is 1. The van der Waals surface area contributed by atoms with Crippen LogP contribution in [0.5, 0.6) is 0 Å². The Kier molecular flexibility index (Phi) is 5.83. The zero-order valence-electron chi connectivity index (χ0n) is 16.7. The summed E-state index contributed by atoms with van der Waals surface area (Å²) in [5.74, 6) is -0.234. The fraction of sp³-hybridized carbons (Fsp3) is 0.579. The van der Waals surface area contributed by atoms with E-state index >= 15 is 0 Å². The number of H-pyrrole nitrogens is 1. The quantitative estimate of drug-likeness (QED) is 0.676. The van der Waals surface area contributed by atoms with Crippen molar-refractivity contribution in [3.8, 4) is 0 Å². The molecule has 2 aromatic heterocycles. The van der Waals surface area contributed by atoms with Crippen molar-refractivity contribution in [3.05, 3.63) is 27.2 Å². The molecule has 0 aromatic carbocycles. The second-order valence-corrected chi connectivity index (χ2v) is 7.24. The Bertz CT molecular complexity index is 961. The van der Waals surface area contributed by atoms with Crippen LogP contribution < -0.4 is 16.2 Å². The largest absolute Gasteiger partial charge is 0.379 e. The zero-order valence-corrected chi connectivity index (χ0v) is 16.7. The van der Waals surface area contributed by atoms with Gasteiger partial charge in [-0.2, -0.15) is 0 Å². The number of aryl methyl sites for hydroxylation is 3. The number of aromatic nitrogens is 3. The van der Waals surface area contributed by atoms with E-state index in [4.69, 9.17) is 4.74 Å². The average Bonchev–Trinajstić information content (AvgIpc) is 2.93. The first-order valence-electron chi connectivity index (χ1n) is 9.53. The number of amides is 2. The lowest BCUT2D eigenvalue weighted by Crippen LogP contribution is -2.56. The molecule has 9 heteroatoms. The van der Waals surface area contributed by atoms with Crippen molar-refractivity contribution in [3.63, 3.8) is 0 Å². The highest BCUT2D eigenvalue weighted by Gasteiger charge is 2.28. The number of pyridine rings is 1. The Morgan fingerprint density at radius 1 is 1.25 bits per heavy atom. The summed E-state index contributed by atoms with van der Waals surface area (Å²) >= 11 is 0. The number of hydrogen-bond acceptors (Lipinski definition) is 5. The predicted molar refractivity (Wildman–Crippen MR) is 104 cm³/mol. The summed E-state index contributed by atoms with van der Waals surface area (Å²) in [6.07, 6.45) is 1.16. The van der Waals surface area contributed by atoms with Gasteiger partial charge in [-0.15, -0.1) is 0 Å². The van der Waals surface area contributed by atoms with E-state index in [0.717, 1.165) is 11.1 Å². The molecule has 1 aliphatic rings. The van der Waals surface area contributed by atoms with Crippen LogP contribution >= 0.6 is 0 Å². The van der Waals surface area contributed by atoms with Crippen LogP contribution in [0.25, 0.3) is 11.0 Å².